The molecule has 0 bridgehead atoms. The van der Waals surface area contributed by atoms with Crippen LogP contribution in [0.5, 0.6) is 0 Å². The molecule has 2 aromatic rings. The van der Waals surface area contributed by atoms with Gasteiger partial charge in [0.2, 0.25) is 22.8 Å². The standard InChI is InChI=1S/2C9H16N2O7P2.Cu.2H2O/c2*12-9(19(13,14)15,20(16,17)18)8(3-1-2-4-8)11-6-5-10-7-11;;;/h2*5-7,12H,1-4H2,(H4,13,14,15,16,17,18);;2*1H2/q;;+2;;/p-2. The Bertz CT molecular complexity index is 1210. The summed E-state index contributed by atoms with van der Waals surface area (Å²) in [5.41, 5.74) is -3.74. The van der Waals surface area contributed by atoms with Crippen LogP contribution in [0.15, 0.2) is 37.4 Å². The van der Waals surface area contributed by atoms with E-state index in [-0.39, 0.29) is 53.7 Å². The maximum absolute atomic E-state index is 11.6. The van der Waals surface area contributed by atoms with E-state index in [4.69, 9.17) is 0 Å². The Kier molecular flexibility index (Phi) is 13.8. The van der Waals surface area contributed by atoms with E-state index in [1.807, 2.05) is 0 Å². The minimum atomic E-state index is -5.82. The third-order valence-corrected chi connectivity index (χ3v) is 15.6. The monoisotopic (exact) mass is 749 g/mol. The van der Waals surface area contributed by atoms with Crippen molar-refractivity contribution >= 4 is 30.4 Å². The molecular weight excluding hydrogens is 716 g/mol. The number of imidazole rings is 2. The zero-order valence-electron chi connectivity index (χ0n) is 22.1. The van der Waals surface area contributed by atoms with Crippen molar-refractivity contribution in [3.8, 4) is 0 Å². The molecule has 0 spiro atoms. The first-order valence-electron chi connectivity index (χ1n) is 11.8. The average Bonchev–Trinajstić information content (AvgIpc) is 3.62. The van der Waals surface area contributed by atoms with Crippen molar-refractivity contribution in [3.05, 3.63) is 37.4 Å². The van der Waals surface area contributed by atoms with Crippen LogP contribution in [0.2, 0.25) is 0 Å². The Morgan fingerprint density at radius 2 is 0.837 bits per heavy atom. The molecule has 253 valence electrons. The molecular formula is C18H34CuN4O16P4. The topological polar surface area (TPSA) is 384 Å². The molecule has 43 heavy (non-hydrogen) atoms. The first-order chi connectivity index (χ1) is 18.1. The molecule has 25 heteroatoms. The van der Waals surface area contributed by atoms with Gasteiger partial charge in [0.15, 0.2) is 41.5 Å². The van der Waals surface area contributed by atoms with Crippen LogP contribution < -0.4 is 28.7 Å². The summed E-state index contributed by atoms with van der Waals surface area (Å²) in [7, 11) is -23.3. The van der Waals surface area contributed by atoms with E-state index in [1.165, 1.54) is 46.6 Å². The summed E-state index contributed by atoms with van der Waals surface area (Å²) in [5.74, 6) is 0. The molecule has 2 fully saturated rings. The van der Waals surface area contributed by atoms with E-state index in [1.54, 1.807) is 0 Å². The summed E-state index contributed by atoms with van der Waals surface area (Å²) in [4.78, 5) is 88.6. The first-order valence-corrected chi connectivity index (χ1v) is 18.1. The second-order valence-electron chi connectivity index (χ2n) is 9.87. The number of hydrogen-bond acceptors (Lipinski definition) is 10. The molecule has 4 atom stereocenters. The SMILES string of the molecule is O.O.O=P([O-])(O)C(O)(C1([n+]2cc[nH]c2)CCCC1)P(=O)([O-])O.O=P([O-])(O)C(O)(C1([n+]2cc[nH]c2)CCCC1)P(=O)([O-])O.[Cu+2]. The van der Waals surface area contributed by atoms with Crippen LogP contribution in [0.1, 0.15) is 51.4 Å². The number of aromatic amines is 2. The molecule has 0 amide bonds. The number of nitrogens with one attached hydrogen (secondary N) is 2. The Morgan fingerprint density at radius 3 is 1.00 bits per heavy atom. The number of nitrogens with zero attached hydrogens (tertiary/aromatic N) is 2. The van der Waals surface area contributed by atoms with E-state index >= 15 is 0 Å². The number of aromatic nitrogens is 4. The van der Waals surface area contributed by atoms with Gasteiger partial charge in [0.25, 0.3) is 0 Å². The largest absolute Gasteiger partial charge is 2.00 e. The van der Waals surface area contributed by atoms with Crippen molar-refractivity contribution in [1.82, 2.24) is 9.97 Å². The van der Waals surface area contributed by atoms with Crippen molar-refractivity contribution in [2.45, 2.75) is 72.6 Å². The summed E-state index contributed by atoms with van der Waals surface area (Å²) in [5, 5.41) is 13.3. The number of aliphatic hydroxyl groups is 2. The van der Waals surface area contributed by atoms with Crippen molar-refractivity contribution in [1.29, 1.82) is 0 Å². The summed E-state index contributed by atoms with van der Waals surface area (Å²) < 4.78 is 48.6. The molecule has 4 unspecified atom stereocenters. The van der Waals surface area contributed by atoms with Gasteiger partial charge >= 0.3 is 17.1 Å². The van der Waals surface area contributed by atoms with Gasteiger partial charge in [-0.05, 0) is 51.4 Å². The van der Waals surface area contributed by atoms with Gasteiger partial charge in [-0.25, -0.2) is 9.13 Å². The second kappa shape index (κ2) is 14.0. The van der Waals surface area contributed by atoms with Crippen LogP contribution in [0.3, 0.4) is 0 Å². The Hall–Kier alpha value is -0.621. The van der Waals surface area contributed by atoms with Gasteiger partial charge < -0.3 is 78.6 Å². The van der Waals surface area contributed by atoms with Crippen LogP contribution in [0.4, 0.5) is 0 Å². The van der Waals surface area contributed by atoms with Crippen molar-refractivity contribution in [2.75, 3.05) is 0 Å². The summed E-state index contributed by atoms with van der Waals surface area (Å²) >= 11 is 0. The van der Waals surface area contributed by atoms with Gasteiger partial charge in [-0.1, -0.05) is 0 Å². The minimum Gasteiger partial charge on any atom is -0.776 e. The van der Waals surface area contributed by atoms with Gasteiger partial charge in [-0.2, -0.15) is 0 Å². The van der Waals surface area contributed by atoms with Crippen LogP contribution in [0, 0.1) is 0 Å². The van der Waals surface area contributed by atoms with Crippen LogP contribution in [-0.4, -0.2) is 60.9 Å². The summed E-state index contributed by atoms with van der Waals surface area (Å²) in [6, 6.07) is 0. The number of hydrogen-bond donors (Lipinski definition) is 8. The molecule has 0 aliphatic heterocycles. The van der Waals surface area contributed by atoms with E-state index in [9.17, 15) is 67.6 Å². The molecule has 2 heterocycles. The quantitative estimate of drug-likeness (QED) is 0.0712. The van der Waals surface area contributed by atoms with E-state index < -0.39 is 51.6 Å². The molecule has 4 rings (SSSR count). The molecule has 0 aromatic carbocycles. The van der Waals surface area contributed by atoms with Gasteiger partial charge in [0, 0.05) is 0 Å². The van der Waals surface area contributed by atoms with Gasteiger partial charge in [-0.3, -0.25) is 9.97 Å². The molecule has 1 radical (unpaired) electrons. The van der Waals surface area contributed by atoms with Crippen molar-refractivity contribution in [3.63, 3.8) is 0 Å². The normalized spacial score (nSPS) is 25.5. The van der Waals surface area contributed by atoms with Crippen LogP contribution in [-0.2, 0) is 46.4 Å². The fourth-order valence-corrected chi connectivity index (χ4v) is 12.0. The molecule has 12 N–H and O–H groups in total. The molecule has 2 aliphatic carbocycles. The fraction of sp³-hybridized carbons (Fsp3) is 0.667. The molecule has 20 nitrogen and oxygen atoms in total. The number of rotatable bonds is 8. The average molecular weight is 750 g/mol. The van der Waals surface area contributed by atoms with Crippen molar-refractivity contribution < 1.29 is 105 Å². The van der Waals surface area contributed by atoms with Gasteiger partial charge in [0.1, 0.15) is 24.8 Å². The van der Waals surface area contributed by atoms with Gasteiger partial charge in [0.05, 0.1) is 0 Å². The van der Waals surface area contributed by atoms with Crippen LogP contribution >= 0.6 is 30.4 Å². The van der Waals surface area contributed by atoms with Gasteiger partial charge in [-0.15, -0.1) is 0 Å². The summed E-state index contributed by atoms with van der Waals surface area (Å²) in [6.45, 7) is 0. The van der Waals surface area contributed by atoms with E-state index in [2.05, 4.69) is 9.97 Å². The van der Waals surface area contributed by atoms with E-state index in [0.717, 1.165) is 0 Å². The zero-order chi connectivity index (χ0) is 30.5. The Labute approximate surface area is 254 Å². The third kappa shape index (κ3) is 6.77. The molecule has 2 aliphatic rings. The zero-order valence-corrected chi connectivity index (χ0v) is 26.6. The predicted molar refractivity (Wildman–Crippen MR) is 131 cm³/mol. The Balaban J connectivity index is 0.000000767. The maximum atomic E-state index is 11.6. The molecule has 2 aromatic heterocycles. The Morgan fingerprint density at radius 1 is 0.605 bits per heavy atom. The molecule has 2 saturated carbocycles. The van der Waals surface area contributed by atoms with Crippen molar-refractivity contribution in [2.24, 2.45) is 0 Å². The smallest absolute Gasteiger partial charge is 0.776 e. The third-order valence-electron chi connectivity index (χ3n) is 7.76. The summed E-state index contributed by atoms with van der Waals surface area (Å²) in [6.07, 6.45) is 9.70. The first kappa shape index (κ1) is 42.4. The maximum Gasteiger partial charge on any atom is 2.00 e. The minimum absolute atomic E-state index is 0. The fourth-order valence-electron chi connectivity index (χ4n) is 5.94. The predicted octanol–water partition coefficient (Wildman–Crippen LogP) is -5.03. The number of H-pyrrole nitrogens is 2. The van der Waals surface area contributed by atoms with E-state index in [0.29, 0.717) is 25.7 Å². The second-order valence-corrected chi connectivity index (χ2v) is 17.3. The van der Waals surface area contributed by atoms with Crippen LogP contribution in [0.25, 0.3) is 0 Å². The molecule has 0 saturated heterocycles.